The van der Waals surface area contributed by atoms with E-state index in [1.807, 2.05) is 36.4 Å². The van der Waals surface area contributed by atoms with Crippen molar-refractivity contribution in [1.29, 1.82) is 0 Å². The molecule has 1 nitrogen and oxygen atoms in total. The lowest BCUT2D eigenvalue weighted by Crippen LogP contribution is -2.29. The average molecular weight is 393 g/mol. The summed E-state index contributed by atoms with van der Waals surface area (Å²) in [5, 5.41) is 0.528. The predicted octanol–water partition coefficient (Wildman–Crippen LogP) is 6.56. The summed E-state index contributed by atoms with van der Waals surface area (Å²) in [5.74, 6) is 0.167. The normalized spacial score (nSPS) is 18.0. The molecule has 4 aromatic carbocycles. The third-order valence-corrected chi connectivity index (χ3v) is 6.64. The highest BCUT2D eigenvalue weighted by Crippen LogP contribution is 2.57. The Labute approximate surface area is 174 Å². The lowest BCUT2D eigenvalue weighted by molar-refractivity contribution is 0.103. The van der Waals surface area contributed by atoms with Gasteiger partial charge in [0.15, 0.2) is 5.78 Å². The summed E-state index contributed by atoms with van der Waals surface area (Å²) < 4.78 is 0. The largest absolute Gasteiger partial charge is 0.289 e. The summed E-state index contributed by atoms with van der Waals surface area (Å²) in [6.07, 6.45) is 0. The van der Waals surface area contributed by atoms with Crippen molar-refractivity contribution in [2.75, 3.05) is 0 Å². The van der Waals surface area contributed by atoms with Crippen LogP contribution in [0.3, 0.4) is 0 Å². The van der Waals surface area contributed by atoms with Crippen LogP contribution in [0.4, 0.5) is 0 Å². The van der Waals surface area contributed by atoms with Crippen LogP contribution < -0.4 is 0 Å². The maximum absolute atomic E-state index is 13.6. The van der Waals surface area contributed by atoms with Crippen molar-refractivity contribution < 1.29 is 4.79 Å². The highest BCUT2D eigenvalue weighted by atomic mass is 35.5. The molecule has 0 heterocycles. The van der Waals surface area contributed by atoms with Gasteiger partial charge in [-0.2, -0.15) is 0 Å². The smallest absolute Gasteiger partial charge is 0.194 e. The molecular weight excluding hydrogens is 376 g/mol. The Bertz CT molecular complexity index is 1240. The summed E-state index contributed by atoms with van der Waals surface area (Å²) in [4.78, 5) is 13.6. The lowest BCUT2D eigenvalue weighted by atomic mass is 9.60. The zero-order valence-corrected chi connectivity index (χ0v) is 16.4. The van der Waals surface area contributed by atoms with Crippen molar-refractivity contribution in [2.24, 2.45) is 0 Å². The summed E-state index contributed by atoms with van der Waals surface area (Å²) >= 11 is 6.68. The van der Waals surface area contributed by atoms with Crippen molar-refractivity contribution in [1.82, 2.24) is 0 Å². The molecule has 3 aliphatic carbocycles. The Hall–Kier alpha value is -3.16. The molecule has 138 valence electrons. The Morgan fingerprint density at radius 1 is 0.586 bits per heavy atom. The molecule has 29 heavy (non-hydrogen) atoms. The summed E-state index contributed by atoms with van der Waals surface area (Å²) in [6.45, 7) is 0. The van der Waals surface area contributed by atoms with Gasteiger partial charge in [0.1, 0.15) is 0 Å². The molecule has 2 bridgehead atoms. The molecule has 0 aromatic heterocycles. The van der Waals surface area contributed by atoms with Crippen molar-refractivity contribution >= 4 is 17.4 Å². The van der Waals surface area contributed by atoms with E-state index in [-0.39, 0.29) is 17.6 Å². The van der Waals surface area contributed by atoms with Crippen molar-refractivity contribution in [2.45, 2.75) is 11.8 Å². The van der Waals surface area contributed by atoms with Crippen LogP contribution in [0, 0.1) is 0 Å². The Kier molecular flexibility index (Phi) is 3.57. The molecule has 0 aliphatic heterocycles. The van der Waals surface area contributed by atoms with Gasteiger partial charge in [-0.1, -0.05) is 96.5 Å². The standard InChI is InChI=1S/C27H17ClO/c28-22-15-14-21-23-17-10-4-6-12-19(17)24(20-13-7-5-11-18(20)23)25(21)26(22)27(29)16-8-2-1-3-9-16/h1-15,23-24H. The number of hydrogen-bond acceptors (Lipinski definition) is 1. The predicted molar refractivity (Wildman–Crippen MR) is 116 cm³/mol. The van der Waals surface area contributed by atoms with Gasteiger partial charge in [-0.05, 0) is 39.4 Å². The second-order valence-electron chi connectivity index (χ2n) is 7.74. The maximum atomic E-state index is 13.6. The van der Waals surface area contributed by atoms with Gasteiger partial charge >= 0.3 is 0 Å². The van der Waals surface area contributed by atoms with Crippen LogP contribution in [-0.2, 0) is 0 Å². The van der Waals surface area contributed by atoms with E-state index in [9.17, 15) is 4.79 Å². The van der Waals surface area contributed by atoms with E-state index in [0.29, 0.717) is 16.1 Å². The van der Waals surface area contributed by atoms with E-state index in [1.165, 1.54) is 27.8 Å². The van der Waals surface area contributed by atoms with Gasteiger partial charge in [0.25, 0.3) is 0 Å². The molecule has 0 saturated carbocycles. The van der Waals surface area contributed by atoms with E-state index >= 15 is 0 Å². The summed E-state index contributed by atoms with van der Waals surface area (Å²) in [6, 6.07) is 30.7. The third-order valence-electron chi connectivity index (χ3n) is 6.33. The van der Waals surface area contributed by atoms with Crippen molar-refractivity contribution in [3.63, 3.8) is 0 Å². The van der Waals surface area contributed by atoms with Gasteiger partial charge in [-0.15, -0.1) is 0 Å². The van der Waals surface area contributed by atoms with Crippen LogP contribution in [0.5, 0.6) is 0 Å². The van der Waals surface area contributed by atoms with Gasteiger partial charge in [0.2, 0.25) is 0 Å². The van der Waals surface area contributed by atoms with Crippen LogP contribution in [0.2, 0.25) is 5.02 Å². The van der Waals surface area contributed by atoms with E-state index < -0.39 is 0 Å². The first-order valence-corrected chi connectivity index (χ1v) is 10.2. The lowest BCUT2D eigenvalue weighted by Gasteiger charge is -2.43. The van der Waals surface area contributed by atoms with Gasteiger partial charge < -0.3 is 0 Å². The first-order chi connectivity index (χ1) is 14.3. The van der Waals surface area contributed by atoms with Gasteiger partial charge in [0.05, 0.1) is 5.02 Å². The van der Waals surface area contributed by atoms with Crippen molar-refractivity contribution in [3.8, 4) is 0 Å². The van der Waals surface area contributed by atoms with Crippen molar-refractivity contribution in [3.05, 3.63) is 141 Å². The van der Waals surface area contributed by atoms with Crippen LogP contribution in [0.15, 0.2) is 91.0 Å². The molecule has 4 aromatic rings. The minimum absolute atomic E-state index is 0.00466. The van der Waals surface area contributed by atoms with Gasteiger partial charge in [0, 0.05) is 23.0 Å². The molecule has 0 saturated heterocycles. The third kappa shape index (κ3) is 2.25. The first kappa shape index (κ1) is 16.8. The molecule has 7 rings (SSSR count). The molecular formula is C27H17ClO. The molecule has 0 spiro atoms. The van der Waals surface area contributed by atoms with E-state index in [1.54, 1.807) is 0 Å². The zero-order chi connectivity index (χ0) is 19.5. The van der Waals surface area contributed by atoms with Crippen LogP contribution in [0.1, 0.15) is 61.1 Å². The number of benzene rings is 4. The number of hydrogen-bond donors (Lipinski definition) is 0. The monoisotopic (exact) mass is 392 g/mol. The highest BCUT2D eigenvalue weighted by Gasteiger charge is 2.43. The van der Waals surface area contributed by atoms with E-state index in [2.05, 4.69) is 54.6 Å². The Balaban J connectivity index is 1.68. The topological polar surface area (TPSA) is 17.1 Å². The first-order valence-electron chi connectivity index (χ1n) is 9.85. The fourth-order valence-electron chi connectivity index (χ4n) is 5.19. The summed E-state index contributed by atoms with van der Waals surface area (Å²) in [7, 11) is 0. The van der Waals surface area contributed by atoms with Gasteiger partial charge in [-0.25, -0.2) is 0 Å². The molecule has 2 heteroatoms. The minimum Gasteiger partial charge on any atom is -0.289 e. The molecule has 0 N–H and O–H groups in total. The molecule has 3 aliphatic rings. The fourth-order valence-corrected chi connectivity index (χ4v) is 5.44. The van der Waals surface area contributed by atoms with E-state index in [4.69, 9.17) is 11.6 Å². The Morgan fingerprint density at radius 2 is 1.10 bits per heavy atom. The van der Waals surface area contributed by atoms with Crippen LogP contribution in [0.25, 0.3) is 0 Å². The molecule has 0 unspecified atom stereocenters. The second-order valence-corrected chi connectivity index (χ2v) is 8.15. The number of ketones is 1. The van der Waals surface area contributed by atoms with E-state index in [0.717, 1.165) is 5.56 Å². The second kappa shape index (κ2) is 6.17. The molecule has 0 atom stereocenters. The Morgan fingerprint density at radius 3 is 1.69 bits per heavy atom. The molecule has 0 radical (unpaired) electrons. The molecule has 0 amide bonds. The SMILES string of the molecule is O=C(c1ccccc1)c1c(Cl)ccc2c1C1c3ccccc3C2c2ccccc21. The minimum atomic E-state index is -0.00466. The number of rotatable bonds is 2. The quantitative estimate of drug-likeness (QED) is 0.305. The highest BCUT2D eigenvalue weighted by molar-refractivity contribution is 6.35. The number of carbonyl (C=O) groups is 1. The summed E-state index contributed by atoms with van der Waals surface area (Å²) in [5.41, 5.74) is 8.85. The number of carbonyl (C=O) groups excluding carboxylic acids is 1. The van der Waals surface area contributed by atoms with Gasteiger partial charge in [-0.3, -0.25) is 4.79 Å². The number of halogens is 1. The fraction of sp³-hybridized carbons (Fsp3) is 0.0741. The molecule has 0 fully saturated rings. The van der Waals surface area contributed by atoms with Crippen LogP contribution >= 0.6 is 11.6 Å². The maximum Gasteiger partial charge on any atom is 0.194 e. The average Bonchev–Trinajstić information content (AvgIpc) is 2.79. The van der Waals surface area contributed by atoms with Crippen LogP contribution in [-0.4, -0.2) is 5.78 Å². The zero-order valence-electron chi connectivity index (χ0n) is 15.6.